The number of nitrogens with one attached hydrogen (secondary N) is 1. The van der Waals surface area contributed by atoms with E-state index in [1.807, 2.05) is 30.3 Å². The zero-order valence-electron chi connectivity index (χ0n) is 14.6. The smallest absolute Gasteiger partial charge is 0.326 e. The number of aryl methyl sites for hydroxylation is 1. The zero-order valence-corrected chi connectivity index (χ0v) is 14.6. The molecule has 2 heterocycles. The quantitative estimate of drug-likeness (QED) is 0.852. The van der Waals surface area contributed by atoms with Gasteiger partial charge in [0, 0.05) is 13.2 Å². The van der Waals surface area contributed by atoms with Crippen LogP contribution in [0.5, 0.6) is 0 Å². The number of rotatable bonds is 5. The molecule has 1 saturated carbocycles. The topological polar surface area (TPSA) is 87.5 Å². The summed E-state index contributed by atoms with van der Waals surface area (Å²) in [6, 6.07) is 8.75. The Balaban J connectivity index is 1.57. The lowest BCUT2D eigenvalue weighted by Gasteiger charge is -2.30. The second-order valence-electron chi connectivity index (χ2n) is 7.16. The molecule has 0 bridgehead atoms. The standard InChI is InChI=1S/C19H22N4O3/c1-22-12-14(11-20-22)23-15(7-8-16(23)18(25)26)17(24)21-19(9-10-19)13-5-3-2-4-6-13/h2-6,11-12,15-16H,7-10H2,1H3,(H,21,24)(H,25,26). The lowest BCUT2D eigenvalue weighted by molar-refractivity contribution is -0.138. The number of carbonyl (C=O) groups is 2. The van der Waals surface area contributed by atoms with Crippen molar-refractivity contribution in [3.05, 3.63) is 48.3 Å². The molecule has 2 aromatic rings. The van der Waals surface area contributed by atoms with Gasteiger partial charge in [-0.15, -0.1) is 0 Å². The Bertz CT molecular complexity index is 828. The number of amides is 1. The summed E-state index contributed by atoms with van der Waals surface area (Å²) < 4.78 is 1.62. The summed E-state index contributed by atoms with van der Waals surface area (Å²) in [6.07, 6.45) is 6.15. The fraction of sp³-hybridized carbons (Fsp3) is 0.421. The second kappa shape index (κ2) is 6.16. The van der Waals surface area contributed by atoms with Gasteiger partial charge >= 0.3 is 5.97 Å². The van der Waals surface area contributed by atoms with Crippen LogP contribution in [0.1, 0.15) is 31.2 Å². The predicted molar refractivity (Wildman–Crippen MR) is 95.6 cm³/mol. The molecule has 1 aliphatic carbocycles. The van der Waals surface area contributed by atoms with Gasteiger partial charge in [0.15, 0.2) is 0 Å². The lowest BCUT2D eigenvalue weighted by Crippen LogP contribution is -2.50. The van der Waals surface area contributed by atoms with Gasteiger partial charge < -0.3 is 15.3 Å². The van der Waals surface area contributed by atoms with E-state index in [4.69, 9.17) is 0 Å². The van der Waals surface area contributed by atoms with E-state index >= 15 is 0 Å². The van der Waals surface area contributed by atoms with Crippen molar-refractivity contribution in [2.24, 2.45) is 7.05 Å². The Labute approximate surface area is 151 Å². The van der Waals surface area contributed by atoms with Crippen molar-refractivity contribution in [2.75, 3.05) is 4.90 Å². The van der Waals surface area contributed by atoms with Crippen molar-refractivity contribution in [3.8, 4) is 0 Å². The normalized spacial score (nSPS) is 23.7. The van der Waals surface area contributed by atoms with Crippen LogP contribution in [0.25, 0.3) is 0 Å². The molecule has 26 heavy (non-hydrogen) atoms. The van der Waals surface area contributed by atoms with Crippen LogP contribution in [0.3, 0.4) is 0 Å². The van der Waals surface area contributed by atoms with Gasteiger partial charge in [-0.3, -0.25) is 9.48 Å². The molecule has 2 aliphatic rings. The maximum absolute atomic E-state index is 13.1. The van der Waals surface area contributed by atoms with E-state index in [2.05, 4.69) is 10.4 Å². The highest BCUT2D eigenvalue weighted by molar-refractivity contribution is 5.90. The van der Waals surface area contributed by atoms with Gasteiger partial charge in [0.05, 0.1) is 17.4 Å². The molecule has 1 aromatic heterocycles. The van der Waals surface area contributed by atoms with E-state index in [0.29, 0.717) is 18.5 Å². The molecular formula is C19H22N4O3. The summed E-state index contributed by atoms with van der Waals surface area (Å²) in [4.78, 5) is 26.4. The molecule has 1 aromatic carbocycles. The molecule has 7 nitrogen and oxygen atoms in total. The third kappa shape index (κ3) is 2.83. The van der Waals surface area contributed by atoms with Crippen molar-refractivity contribution in [3.63, 3.8) is 0 Å². The minimum atomic E-state index is -0.909. The van der Waals surface area contributed by atoms with Crippen LogP contribution in [0, 0.1) is 0 Å². The zero-order chi connectivity index (χ0) is 18.3. The highest BCUT2D eigenvalue weighted by atomic mass is 16.4. The van der Waals surface area contributed by atoms with E-state index < -0.39 is 18.1 Å². The van der Waals surface area contributed by atoms with E-state index in [-0.39, 0.29) is 11.4 Å². The van der Waals surface area contributed by atoms with Crippen molar-refractivity contribution in [1.29, 1.82) is 0 Å². The van der Waals surface area contributed by atoms with Gasteiger partial charge in [-0.1, -0.05) is 30.3 Å². The molecule has 2 unspecified atom stereocenters. The van der Waals surface area contributed by atoms with Crippen LogP contribution in [0.15, 0.2) is 42.7 Å². The molecule has 2 fully saturated rings. The summed E-state index contributed by atoms with van der Waals surface area (Å²) in [6.45, 7) is 0. The molecular weight excluding hydrogens is 332 g/mol. The van der Waals surface area contributed by atoms with Crippen molar-refractivity contribution in [1.82, 2.24) is 15.1 Å². The number of aliphatic carboxylic acids is 1. The fourth-order valence-electron chi connectivity index (χ4n) is 3.90. The molecule has 2 N–H and O–H groups in total. The average molecular weight is 354 g/mol. The van der Waals surface area contributed by atoms with E-state index in [9.17, 15) is 14.7 Å². The summed E-state index contributed by atoms with van der Waals surface area (Å²) >= 11 is 0. The SMILES string of the molecule is Cn1cc(N2C(C(=O)O)CCC2C(=O)NC2(c3ccccc3)CC2)cn1. The molecule has 1 aliphatic heterocycles. The maximum atomic E-state index is 13.1. The Morgan fingerprint density at radius 1 is 1.19 bits per heavy atom. The summed E-state index contributed by atoms with van der Waals surface area (Å²) in [5, 5.41) is 16.9. The van der Waals surface area contributed by atoms with Gasteiger partial charge in [-0.2, -0.15) is 5.10 Å². The molecule has 1 amide bonds. The largest absolute Gasteiger partial charge is 0.480 e. The summed E-state index contributed by atoms with van der Waals surface area (Å²) in [7, 11) is 1.78. The van der Waals surface area contributed by atoms with E-state index in [1.165, 1.54) is 0 Å². The van der Waals surface area contributed by atoms with Crippen molar-refractivity contribution >= 4 is 17.6 Å². The number of nitrogens with zero attached hydrogens (tertiary/aromatic N) is 3. The molecule has 1 saturated heterocycles. The Morgan fingerprint density at radius 3 is 2.46 bits per heavy atom. The molecule has 0 radical (unpaired) electrons. The Hall–Kier alpha value is -2.83. The molecule has 2 atom stereocenters. The minimum Gasteiger partial charge on any atom is -0.480 e. The third-order valence-corrected chi connectivity index (χ3v) is 5.40. The van der Waals surface area contributed by atoms with Gasteiger partial charge in [0.25, 0.3) is 0 Å². The fourth-order valence-corrected chi connectivity index (χ4v) is 3.90. The van der Waals surface area contributed by atoms with Crippen LogP contribution in [0.2, 0.25) is 0 Å². The number of benzene rings is 1. The van der Waals surface area contributed by atoms with Crippen LogP contribution >= 0.6 is 0 Å². The lowest BCUT2D eigenvalue weighted by atomic mass is 10.0. The van der Waals surface area contributed by atoms with E-state index in [0.717, 1.165) is 18.4 Å². The van der Waals surface area contributed by atoms with Crippen molar-refractivity contribution < 1.29 is 14.7 Å². The number of hydrogen-bond acceptors (Lipinski definition) is 4. The second-order valence-corrected chi connectivity index (χ2v) is 7.16. The highest BCUT2D eigenvalue weighted by Crippen LogP contribution is 2.46. The first kappa shape index (κ1) is 16.6. The van der Waals surface area contributed by atoms with E-state index in [1.54, 1.807) is 29.0 Å². The number of carboxylic acid groups (broad SMARTS) is 1. The van der Waals surface area contributed by atoms with Gasteiger partial charge in [0.1, 0.15) is 12.1 Å². The Morgan fingerprint density at radius 2 is 1.88 bits per heavy atom. The monoisotopic (exact) mass is 354 g/mol. The van der Waals surface area contributed by atoms with Crippen LogP contribution in [-0.4, -0.2) is 38.8 Å². The molecule has 136 valence electrons. The number of carboxylic acids is 1. The summed E-state index contributed by atoms with van der Waals surface area (Å²) in [5.41, 5.74) is 1.47. The predicted octanol–water partition coefficient (Wildman–Crippen LogP) is 1.65. The van der Waals surface area contributed by atoms with Gasteiger partial charge in [-0.05, 0) is 31.2 Å². The average Bonchev–Trinajstić information content (AvgIpc) is 3.06. The van der Waals surface area contributed by atoms with Crippen LogP contribution < -0.4 is 10.2 Å². The number of anilines is 1. The third-order valence-electron chi connectivity index (χ3n) is 5.40. The first-order chi connectivity index (χ1) is 12.5. The first-order valence-corrected chi connectivity index (χ1v) is 8.87. The number of aromatic nitrogens is 2. The highest BCUT2D eigenvalue weighted by Gasteiger charge is 2.49. The summed E-state index contributed by atoms with van der Waals surface area (Å²) in [5.74, 6) is -1.02. The van der Waals surface area contributed by atoms with Crippen LogP contribution in [-0.2, 0) is 22.2 Å². The molecule has 7 heteroatoms. The van der Waals surface area contributed by atoms with Gasteiger partial charge in [-0.25, -0.2) is 4.79 Å². The number of carbonyl (C=O) groups excluding carboxylic acids is 1. The minimum absolute atomic E-state index is 0.112. The van der Waals surface area contributed by atoms with Crippen molar-refractivity contribution in [2.45, 2.75) is 43.3 Å². The van der Waals surface area contributed by atoms with Gasteiger partial charge in [0.2, 0.25) is 5.91 Å². The molecule has 0 spiro atoms. The molecule has 4 rings (SSSR count). The van der Waals surface area contributed by atoms with Crippen LogP contribution in [0.4, 0.5) is 5.69 Å². The number of hydrogen-bond donors (Lipinski definition) is 2. The first-order valence-electron chi connectivity index (χ1n) is 8.87. The maximum Gasteiger partial charge on any atom is 0.326 e. The Kier molecular flexibility index (Phi) is 3.94.